The highest BCUT2D eigenvalue weighted by Gasteiger charge is 2.59. The Morgan fingerprint density at radius 1 is 1.23 bits per heavy atom. The van der Waals surface area contributed by atoms with Gasteiger partial charge in [0.2, 0.25) is 5.91 Å². The molecule has 1 aliphatic carbocycles. The molecule has 1 unspecified atom stereocenters. The van der Waals surface area contributed by atoms with Gasteiger partial charge < -0.3 is 10.0 Å². The molecular weight excluding hydrogens is 334 g/mol. The van der Waals surface area contributed by atoms with Crippen molar-refractivity contribution in [3.63, 3.8) is 0 Å². The first-order chi connectivity index (χ1) is 12.4. The number of aromatic nitrogens is 2. The lowest BCUT2D eigenvalue weighted by Crippen LogP contribution is -2.41. The summed E-state index contributed by atoms with van der Waals surface area (Å²) in [4.78, 5) is 37.9. The maximum atomic E-state index is 12.7. The smallest absolute Gasteiger partial charge is 0.307 e. The van der Waals surface area contributed by atoms with Crippen LogP contribution >= 0.6 is 0 Å². The van der Waals surface area contributed by atoms with Crippen molar-refractivity contribution in [2.45, 2.75) is 25.7 Å². The number of rotatable bonds is 3. The van der Waals surface area contributed by atoms with Gasteiger partial charge in [0.15, 0.2) is 0 Å². The van der Waals surface area contributed by atoms with E-state index in [1.165, 1.54) is 4.68 Å². The summed E-state index contributed by atoms with van der Waals surface area (Å²) in [5.41, 5.74) is 0.331. The number of nitrogens with zero attached hydrogens (tertiary/aromatic N) is 3. The fourth-order valence-electron chi connectivity index (χ4n) is 4.21. The lowest BCUT2D eigenvalue weighted by molar-refractivity contribution is -0.139. The van der Waals surface area contributed by atoms with Crippen LogP contribution in [0.4, 0.5) is 0 Å². The number of benzene rings is 1. The molecule has 2 fully saturated rings. The van der Waals surface area contributed by atoms with Crippen molar-refractivity contribution in [1.29, 1.82) is 0 Å². The van der Waals surface area contributed by atoms with Crippen LogP contribution < -0.4 is 5.56 Å². The van der Waals surface area contributed by atoms with Gasteiger partial charge >= 0.3 is 5.97 Å². The first-order valence-corrected chi connectivity index (χ1v) is 8.87. The Morgan fingerprint density at radius 3 is 2.50 bits per heavy atom. The largest absolute Gasteiger partial charge is 0.481 e. The minimum Gasteiger partial charge on any atom is -0.481 e. The van der Waals surface area contributed by atoms with Crippen LogP contribution in [0.3, 0.4) is 0 Å². The fraction of sp³-hybridized carbons (Fsp3) is 0.474. The molecular formula is C19H21N3O4. The van der Waals surface area contributed by atoms with E-state index in [9.17, 15) is 19.5 Å². The van der Waals surface area contributed by atoms with Crippen molar-refractivity contribution >= 4 is 22.6 Å². The highest BCUT2D eigenvalue weighted by atomic mass is 16.4. The molecule has 2 aliphatic rings. The van der Waals surface area contributed by atoms with Crippen molar-refractivity contribution < 1.29 is 14.7 Å². The zero-order chi connectivity index (χ0) is 18.5. The number of carbonyl (C=O) groups is 2. The van der Waals surface area contributed by atoms with E-state index in [0.717, 1.165) is 19.3 Å². The van der Waals surface area contributed by atoms with Crippen LogP contribution in [-0.4, -0.2) is 44.8 Å². The van der Waals surface area contributed by atoms with Gasteiger partial charge in [-0.25, -0.2) is 4.68 Å². The van der Waals surface area contributed by atoms with Crippen molar-refractivity contribution in [2.75, 3.05) is 13.1 Å². The van der Waals surface area contributed by atoms with E-state index in [-0.39, 0.29) is 29.2 Å². The number of carboxylic acid groups (broad SMARTS) is 1. The molecule has 1 saturated carbocycles. The van der Waals surface area contributed by atoms with E-state index in [1.807, 2.05) is 12.1 Å². The van der Waals surface area contributed by atoms with Gasteiger partial charge in [-0.05, 0) is 30.7 Å². The highest BCUT2D eigenvalue weighted by Crippen LogP contribution is 2.59. The highest BCUT2D eigenvalue weighted by molar-refractivity contribution is 5.88. The summed E-state index contributed by atoms with van der Waals surface area (Å²) in [6, 6.07) is 7.20. The summed E-state index contributed by atoms with van der Waals surface area (Å²) in [7, 11) is 1.59. The third-order valence-corrected chi connectivity index (χ3v) is 5.95. The van der Waals surface area contributed by atoms with Gasteiger partial charge in [-0.2, -0.15) is 5.10 Å². The third kappa shape index (κ3) is 2.67. The molecule has 4 rings (SSSR count). The van der Waals surface area contributed by atoms with E-state index >= 15 is 0 Å². The molecule has 26 heavy (non-hydrogen) atoms. The molecule has 1 saturated heterocycles. The Morgan fingerprint density at radius 2 is 1.88 bits per heavy atom. The number of hydrogen-bond donors (Lipinski definition) is 1. The molecule has 0 radical (unpaired) electrons. The SMILES string of the molecule is Cn1nc(CC(=O)N2CCC3(CC2)CC3C(=O)O)c2ccccc2c1=O. The van der Waals surface area contributed by atoms with Crippen LogP contribution in [0.2, 0.25) is 0 Å². The summed E-state index contributed by atoms with van der Waals surface area (Å²) in [5, 5.41) is 14.7. The van der Waals surface area contributed by atoms with Crippen LogP contribution in [0.25, 0.3) is 10.8 Å². The van der Waals surface area contributed by atoms with E-state index in [4.69, 9.17) is 0 Å². The Bertz CT molecular complexity index is 957. The van der Waals surface area contributed by atoms with Gasteiger partial charge in [-0.15, -0.1) is 0 Å². The van der Waals surface area contributed by atoms with Crippen LogP contribution in [0.5, 0.6) is 0 Å². The van der Waals surface area contributed by atoms with E-state index in [1.54, 1.807) is 24.1 Å². The van der Waals surface area contributed by atoms with Crippen LogP contribution in [0.1, 0.15) is 25.0 Å². The maximum Gasteiger partial charge on any atom is 0.307 e. The molecule has 136 valence electrons. The standard InChI is InChI=1S/C19H21N3O4/c1-21-17(24)13-5-3-2-4-12(13)15(20-21)10-16(23)22-8-6-19(7-9-22)11-14(19)18(25)26/h2-5,14H,6-11H2,1H3,(H,25,26). The fourth-order valence-corrected chi connectivity index (χ4v) is 4.21. The molecule has 0 bridgehead atoms. The molecule has 7 nitrogen and oxygen atoms in total. The number of aliphatic carboxylic acids is 1. The molecule has 1 aliphatic heterocycles. The summed E-state index contributed by atoms with van der Waals surface area (Å²) in [5.74, 6) is -0.983. The summed E-state index contributed by atoms with van der Waals surface area (Å²) in [6.45, 7) is 1.18. The Labute approximate surface area is 150 Å². The Hall–Kier alpha value is -2.70. The topological polar surface area (TPSA) is 92.5 Å². The molecule has 7 heteroatoms. The lowest BCUT2D eigenvalue weighted by Gasteiger charge is -2.32. The van der Waals surface area contributed by atoms with Gasteiger partial charge in [-0.3, -0.25) is 14.4 Å². The first-order valence-electron chi connectivity index (χ1n) is 8.87. The number of piperidine rings is 1. The molecule has 1 aromatic heterocycles. The predicted molar refractivity (Wildman–Crippen MR) is 94.7 cm³/mol. The summed E-state index contributed by atoms with van der Waals surface area (Å²) >= 11 is 0. The second-order valence-electron chi connectivity index (χ2n) is 7.44. The number of carboxylic acids is 1. The third-order valence-electron chi connectivity index (χ3n) is 5.95. The number of fused-ring (bicyclic) bond motifs is 1. The van der Waals surface area contributed by atoms with Crippen LogP contribution in [0.15, 0.2) is 29.1 Å². The Kier molecular flexibility index (Phi) is 3.82. The van der Waals surface area contributed by atoms with Gasteiger partial charge in [0.05, 0.1) is 23.4 Å². The maximum absolute atomic E-state index is 12.7. The number of amides is 1. The molecule has 1 atom stereocenters. The number of likely N-dealkylation sites (tertiary alicyclic amines) is 1. The van der Waals surface area contributed by atoms with E-state index < -0.39 is 5.97 Å². The van der Waals surface area contributed by atoms with Gasteiger partial charge in [0.25, 0.3) is 5.56 Å². The zero-order valence-corrected chi connectivity index (χ0v) is 14.6. The average Bonchev–Trinajstić information content (AvgIpc) is 3.34. The average molecular weight is 355 g/mol. The van der Waals surface area contributed by atoms with Gasteiger partial charge in [0.1, 0.15) is 0 Å². The second kappa shape index (κ2) is 5.93. The number of hydrogen-bond acceptors (Lipinski definition) is 4. The molecule has 1 N–H and O–H groups in total. The summed E-state index contributed by atoms with van der Waals surface area (Å²) in [6.07, 6.45) is 2.37. The zero-order valence-electron chi connectivity index (χ0n) is 14.6. The number of aryl methyl sites for hydroxylation is 1. The minimum absolute atomic E-state index is 0.0244. The molecule has 1 spiro atoms. The quantitative estimate of drug-likeness (QED) is 0.893. The van der Waals surface area contributed by atoms with Crippen LogP contribution in [-0.2, 0) is 23.1 Å². The van der Waals surface area contributed by atoms with Gasteiger partial charge in [-0.1, -0.05) is 18.2 Å². The molecule has 1 aromatic carbocycles. The molecule has 1 amide bonds. The van der Waals surface area contributed by atoms with Crippen molar-refractivity contribution in [3.05, 3.63) is 40.3 Å². The summed E-state index contributed by atoms with van der Waals surface area (Å²) < 4.78 is 1.28. The number of carbonyl (C=O) groups excluding carboxylic acids is 1. The van der Waals surface area contributed by atoms with Crippen molar-refractivity contribution in [1.82, 2.24) is 14.7 Å². The van der Waals surface area contributed by atoms with Crippen molar-refractivity contribution in [3.8, 4) is 0 Å². The normalized spacial score (nSPS) is 21.1. The predicted octanol–water partition coefficient (Wildman–Crippen LogP) is 1.19. The lowest BCUT2D eigenvalue weighted by atomic mass is 9.90. The minimum atomic E-state index is -0.717. The second-order valence-corrected chi connectivity index (χ2v) is 7.44. The first kappa shape index (κ1) is 16.8. The van der Waals surface area contributed by atoms with Gasteiger partial charge in [0, 0.05) is 25.5 Å². The molecule has 2 aromatic rings. The van der Waals surface area contributed by atoms with E-state index in [2.05, 4.69) is 5.10 Å². The monoisotopic (exact) mass is 355 g/mol. The van der Waals surface area contributed by atoms with Crippen molar-refractivity contribution in [2.24, 2.45) is 18.4 Å². The van der Waals surface area contributed by atoms with Crippen LogP contribution in [0, 0.1) is 11.3 Å². The van der Waals surface area contributed by atoms with E-state index in [0.29, 0.717) is 29.6 Å². The Balaban J connectivity index is 1.50. The molecule has 2 heterocycles.